The van der Waals surface area contributed by atoms with E-state index in [4.69, 9.17) is 11.5 Å². The van der Waals surface area contributed by atoms with Crippen molar-refractivity contribution >= 4 is 11.8 Å². The summed E-state index contributed by atoms with van der Waals surface area (Å²) in [5, 5.41) is 33.6. The second-order valence-electron chi connectivity index (χ2n) is 9.76. The second-order valence-corrected chi connectivity index (χ2v) is 9.76. The van der Waals surface area contributed by atoms with Crippen LogP contribution in [0.2, 0.25) is 0 Å². The van der Waals surface area contributed by atoms with Gasteiger partial charge in [0.05, 0.1) is 18.1 Å². The molecule has 0 spiro atoms. The number of carbonyl (C=O) groups excluding carboxylic acids is 2. The summed E-state index contributed by atoms with van der Waals surface area (Å²) in [5.41, 5.74) is 14.4. The predicted octanol–water partition coefficient (Wildman–Crippen LogP) is 2.00. The highest BCUT2D eigenvalue weighted by Crippen LogP contribution is 2.17. The Morgan fingerprint density at radius 2 is 1.31 bits per heavy atom. The third-order valence-electron chi connectivity index (χ3n) is 6.50. The lowest BCUT2D eigenvalue weighted by Crippen LogP contribution is -2.50. The van der Waals surface area contributed by atoms with Crippen molar-refractivity contribution in [1.29, 1.82) is 0 Å². The summed E-state index contributed by atoms with van der Waals surface area (Å²) in [5.74, 6) is -1.96. The van der Waals surface area contributed by atoms with Gasteiger partial charge in [-0.3, -0.25) is 9.59 Å². The average Bonchev–Trinajstić information content (AvgIpc) is 2.92. The smallest absolute Gasteiger partial charge is 0.240 e. The maximum absolute atomic E-state index is 13.3. The minimum Gasteiger partial charge on any atom is -0.508 e. The lowest BCUT2D eigenvalue weighted by atomic mass is 9.91. The number of benzene rings is 3. The molecule has 8 nitrogen and oxygen atoms in total. The van der Waals surface area contributed by atoms with Gasteiger partial charge in [-0.05, 0) is 48.1 Å². The van der Waals surface area contributed by atoms with E-state index in [1.54, 1.807) is 24.3 Å². The minimum absolute atomic E-state index is 0.167. The fraction of sp³-hybridized carbons (Fsp3) is 0.290. The molecule has 0 heterocycles. The summed E-state index contributed by atoms with van der Waals surface area (Å²) in [6, 6.07) is 23.8. The molecule has 0 aliphatic heterocycles. The van der Waals surface area contributed by atoms with Crippen LogP contribution in [-0.4, -0.2) is 51.4 Å². The number of aliphatic hydroxyl groups excluding tert-OH is 2. The standard InChI is InChI=1S/C31H37N3O5/c32-24(17-23-11-13-25(35)14-12-23)20-26(36)15-16-29(37)27(18-21-7-3-1-4-8-21)31(39)34-28(30(33)38)19-22-9-5-2-6-10-22/h1-16,24,26-29,35-37H,17-20,32H2,(H2,33,38)(H,34,39)/b16-15+/t24-,26-,27+,28+,29+/m1/s1. The number of aromatic hydroxyl groups is 1. The van der Waals surface area contributed by atoms with Gasteiger partial charge in [0.1, 0.15) is 11.8 Å². The average molecular weight is 532 g/mol. The van der Waals surface area contributed by atoms with E-state index in [9.17, 15) is 24.9 Å². The molecule has 8 N–H and O–H groups in total. The Balaban J connectivity index is 1.67. The largest absolute Gasteiger partial charge is 0.508 e. The van der Waals surface area contributed by atoms with Crippen molar-refractivity contribution in [2.45, 2.75) is 50.0 Å². The van der Waals surface area contributed by atoms with Crippen molar-refractivity contribution in [2.75, 3.05) is 0 Å². The molecule has 0 saturated carbocycles. The molecule has 2 amide bonds. The van der Waals surface area contributed by atoms with E-state index in [0.717, 1.165) is 16.7 Å². The normalized spacial score (nSPS) is 15.3. The zero-order valence-electron chi connectivity index (χ0n) is 21.8. The highest BCUT2D eigenvalue weighted by Gasteiger charge is 2.29. The zero-order chi connectivity index (χ0) is 28.2. The number of phenols is 1. The third kappa shape index (κ3) is 10.0. The zero-order valence-corrected chi connectivity index (χ0v) is 21.8. The molecule has 0 aliphatic rings. The van der Waals surface area contributed by atoms with E-state index >= 15 is 0 Å². The summed E-state index contributed by atoms with van der Waals surface area (Å²) < 4.78 is 0. The van der Waals surface area contributed by atoms with Crippen molar-refractivity contribution in [2.24, 2.45) is 17.4 Å². The number of phenolic OH excluding ortho intramolecular Hbond substituents is 1. The first-order valence-corrected chi connectivity index (χ1v) is 13.0. The van der Waals surface area contributed by atoms with Crippen molar-refractivity contribution < 1.29 is 24.9 Å². The van der Waals surface area contributed by atoms with Gasteiger partial charge in [-0.25, -0.2) is 0 Å². The van der Waals surface area contributed by atoms with Gasteiger partial charge in [0.15, 0.2) is 0 Å². The highest BCUT2D eigenvalue weighted by atomic mass is 16.3. The molecule has 3 aromatic carbocycles. The first-order valence-electron chi connectivity index (χ1n) is 13.0. The van der Waals surface area contributed by atoms with Crippen LogP contribution < -0.4 is 16.8 Å². The third-order valence-corrected chi connectivity index (χ3v) is 6.50. The van der Waals surface area contributed by atoms with Gasteiger partial charge in [-0.2, -0.15) is 0 Å². The van der Waals surface area contributed by atoms with Crippen molar-refractivity contribution in [3.05, 3.63) is 114 Å². The Labute approximate surface area is 229 Å². The number of primary amides is 1. The first-order chi connectivity index (χ1) is 18.7. The molecule has 0 unspecified atom stereocenters. The summed E-state index contributed by atoms with van der Waals surface area (Å²) in [7, 11) is 0. The molecule has 206 valence electrons. The van der Waals surface area contributed by atoms with Crippen LogP contribution in [0.25, 0.3) is 0 Å². The number of rotatable bonds is 14. The van der Waals surface area contributed by atoms with Crippen LogP contribution in [0, 0.1) is 5.92 Å². The topological polar surface area (TPSA) is 159 Å². The summed E-state index contributed by atoms with van der Waals surface area (Å²) >= 11 is 0. The van der Waals surface area contributed by atoms with E-state index in [1.807, 2.05) is 60.7 Å². The molecule has 3 aromatic rings. The van der Waals surface area contributed by atoms with Gasteiger partial charge in [0, 0.05) is 12.5 Å². The second kappa shape index (κ2) is 14.8. The quantitative estimate of drug-likeness (QED) is 0.175. The maximum Gasteiger partial charge on any atom is 0.240 e. The highest BCUT2D eigenvalue weighted by molar-refractivity contribution is 5.88. The molecular weight excluding hydrogens is 494 g/mol. The molecule has 0 aliphatic carbocycles. The summed E-state index contributed by atoms with van der Waals surface area (Å²) in [6.07, 6.45) is 1.82. The fourth-order valence-electron chi connectivity index (χ4n) is 4.37. The Morgan fingerprint density at radius 1 is 0.769 bits per heavy atom. The Kier molecular flexibility index (Phi) is 11.2. The van der Waals surface area contributed by atoms with Crippen LogP contribution in [0.15, 0.2) is 97.1 Å². The molecule has 0 fully saturated rings. The molecular formula is C31H37N3O5. The monoisotopic (exact) mass is 531 g/mol. The fourth-order valence-corrected chi connectivity index (χ4v) is 4.37. The first kappa shape index (κ1) is 29.6. The molecule has 0 radical (unpaired) electrons. The Bertz CT molecular complexity index is 1200. The number of carbonyl (C=O) groups is 2. The van der Waals surface area contributed by atoms with Crippen LogP contribution in [0.4, 0.5) is 0 Å². The van der Waals surface area contributed by atoms with Crippen LogP contribution in [0.5, 0.6) is 5.75 Å². The number of nitrogens with one attached hydrogen (secondary N) is 1. The summed E-state index contributed by atoms with van der Waals surface area (Å²) in [4.78, 5) is 25.5. The predicted molar refractivity (Wildman–Crippen MR) is 150 cm³/mol. The van der Waals surface area contributed by atoms with Crippen LogP contribution in [0.3, 0.4) is 0 Å². The van der Waals surface area contributed by atoms with Crippen molar-refractivity contribution in [1.82, 2.24) is 5.32 Å². The lowest BCUT2D eigenvalue weighted by Gasteiger charge is -2.24. The Hall–Kier alpha value is -3.98. The van der Waals surface area contributed by atoms with Gasteiger partial charge in [-0.1, -0.05) is 84.9 Å². The lowest BCUT2D eigenvalue weighted by molar-refractivity contribution is -0.131. The molecule has 3 rings (SSSR count). The van der Waals surface area contributed by atoms with Crippen LogP contribution >= 0.6 is 0 Å². The molecule has 0 bridgehead atoms. The van der Waals surface area contributed by atoms with Gasteiger partial charge < -0.3 is 32.1 Å². The number of hydrogen-bond donors (Lipinski definition) is 6. The van der Waals surface area contributed by atoms with Gasteiger partial charge in [0.2, 0.25) is 11.8 Å². The molecule has 0 saturated heterocycles. The van der Waals surface area contributed by atoms with E-state index in [2.05, 4.69) is 5.32 Å². The number of amides is 2. The van der Waals surface area contributed by atoms with Crippen LogP contribution in [-0.2, 0) is 28.9 Å². The van der Waals surface area contributed by atoms with E-state index in [0.29, 0.717) is 6.42 Å². The van der Waals surface area contributed by atoms with Gasteiger partial charge >= 0.3 is 0 Å². The molecule has 5 atom stereocenters. The SMILES string of the molecule is NC(=O)[C@H](Cc1ccccc1)NC(=O)[C@@H](Cc1ccccc1)[C@@H](O)/C=C/[C@@H](O)C[C@H](N)Cc1ccc(O)cc1. The molecule has 8 heteroatoms. The van der Waals surface area contributed by atoms with Crippen LogP contribution in [0.1, 0.15) is 23.1 Å². The summed E-state index contributed by atoms with van der Waals surface area (Å²) in [6.45, 7) is 0. The molecule has 0 aromatic heterocycles. The van der Waals surface area contributed by atoms with E-state index < -0.39 is 36.0 Å². The van der Waals surface area contributed by atoms with E-state index in [-0.39, 0.29) is 31.1 Å². The van der Waals surface area contributed by atoms with Gasteiger partial charge in [0.25, 0.3) is 0 Å². The molecule has 39 heavy (non-hydrogen) atoms. The number of hydrogen-bond acceptors (Lipinski definition) is 6. The van der Waals surface area contributed by atoms with E-state index in [1.165, 1.54) is 12.2 Å². The maximum atomic E-state index is 13.3. The number of aliphatic hydroxyl groups is 2. The van der Waals surface area contributed by atoms with Crippen molar-refractivity contribution in [3.63, 3.8) is 0 Å². The van der Waals surface area contributed by atoms with Gasteiger partial charge in [-0.15, -0.1) is 0 Å². The Morgan fingerprint density at radius 3 is 1.87 bits per heavy atom. The number of nitrogens with two attached hydrogens (primary N) is 2. The minimum atomic E-state index is -1.24. The van der Waals surface area contributed by atoms with Crippen molar-refractivity contribution in [3.8, 4) is 5.75 Å².